The zero-order valence-electron chi connectivity index (χ0n) is 5.83. The van der Waals surface area contributed by atoms with Crippen LogP contribution in [-0.4, -0.2) is 23.8 Å². The second-order valence-corrected chi connectivity index (χ2v) is 1.92. The van der Waals surface area contributed by atoms with Gasteiger partial charge in [-0.2, -0.15) is 0 Å². The van der Waals surface area contributed by atoms with Crippen LogP contribution in [0.3, 0.4) is 0 Å². The Hall–Kier alpha value is -1.01. The monoisotopic (exact) mass is 142 g/mol. The first kappa shape index (κ1) is 8.99. The molecule has 0 aromatic heterocycles. The third-order valence-electron chi connectivity index (χ3n) is 0.897. The normalized spacial score (nSPS) is 12.0. The van der Waals surface area contributed by atoms with Gasteiger partial charge in [0, 0.05) is 6.42 Å². The molecule has 10 heavy (non-hydrogen) atoms. The van der Waals surface area contributed by atoms with Gasteiger partial charge in [0.1, 0.15) is 6.61 Å². The molecule has 0 spiro atoms. The molecule has 1 atom stereocenters. The van der Waals surface area contributed by atoms with Gasteiger partial charge in [-0.15, -0.1) is 12.3 Å². The summed E-state index contributed by atoms with van der Waals surface area (Å²) in [4.78, 5) is 9.93. The van der Waals surface area contributed by atoms with Gasteiger partial charge < -0.3 is 9.84 Å². The van der Waals surface area contributed by atoms with Crippen LogP contribution < -0.4 is 0 Å². The van der Waals surface area contributed by atoms with Gasteiger partial charge in [0.15, 0.2) is 0 Å². The number of carboxylic acid groups (broad SMARTS) is 1. The molecule has 56 valence electrons. The largest absolute Gasteiger partial charge is 0.480 e. The van der Waals surface area contributed by atoms with E-state index in [2.05, 4.69) is 5.92 Å². The van der Waals surface area contributed by atoms with E-state index in [1.165, 1.54) is 0 Å². The zero-order valence-corrected chi connectivity index (χ0v) is 5.83. The molecule has 3 heteroatoms. The molecule has 0 aliphatic carbocycles. The summed E-state index contributed by atoms with van der Waals surface area (Å²) in [6.45, 7) is 1.46. The first-order valence-electron chi connectivity index (χ1n) is 2.93. The molecule has 0 radical (unpaired) electrons. The number of aliphatic carboxylic acids is 1. The minimum Gasteiger partial charge on any atom is -0.480 e. The Balaban J connectivity index is 3.32. The molecule has 0 saturated heterocycles. The average molecular weight is 142 g/mol. The van der Waals surface area contributed by atoms with Gasteiger partial charge in [0.05, 0.1) is 6.10 Å². The molecule has 3 nitrogen and oxygen atoms in total. The number of hydrogen-bond acceptors (Lipinski definition) is 2. The Morgan fingerprint density at radius 3 is 2.90 bits per heavy atom. The predicted octanol–water partition coefficient (Wildman–Crippen LogP) is 0.499. The molecule has 0 bridgehead atoms. The van der Waals surface area contributed by atoms with Crippen LogP contribution in [0.4, 0.5) is 0 Å². The van der Waals surface area contributed by atoms with Crippen LogP contribution in [0.1, 0.15) is 13.3 Å². The van der Waals surface area contributed by atoms with E-state index >= 15 is 0 Å². The Morgan fingerprint density at radius 2 is 2.50 bits per heavy atom. The van der Waals surface area contributed by atoms with E-state index in [0.29, 0.717) is 6.42 Å². The number of ether oxygens (including phenoxy) is 1. The summed E-state index contributed by atoms with van der Waals surface area (Å²) in [5.41, 5.74) is 0. The minimum atomic E-state index is -0.969. The van der Waals surface area contributed by atoms with Gasteiger partial charge >= 0.3 is 5.97 Å². The third-order valence-corrected chi connectivity index (χ3v) is 0.897. The molecule has 1 unspecified atom stereocenters. The summed E-state index contributed by atoms with van der Waals surface area (Å²) in [7, 11) is 0. The van der Waals surface area contributed by atoms with Crippen molar-refractivity contribution in [2.24, 2.45) is 0 Å². The highest BCUT2D eigenvalue weighted by Gasteiger charge is 2.02. The molecule has 0 aromatic rings. The summed E-state index contributed by atoms with van der Waals surface area (Å²) in [5, 5.41) is 8.15. The van der Waals surface area contributed by atoms with Gasteiger partial charge in [0.2, 0.25) is 0 Å². The van der Waals surface area contributed by atoms with E-state index in [1.54, 1.807) is 6.92 Å². The standard InChI is InChI=1S/C7H10O3/c1-3-4-6(2)10-5-7(8)9/h1,6H,4-5H2,2H3,(H,8,9). The summed E-state index contributed by atoms with van der Waals surface area (Å²) in [5.74, 6) is 1.40. The Labute approximate surface area is 60.0 Å². The molecule has 0 fully saturated rings. The number of rotatable bonds is 4. The molecule has 0 saturated carbocycles. The van der Waals surface area contributed by atoms with Crippen molar-refractivity contribution in [2.45, 2.75) is 19.4 Å². The molecule has 0 aliphatic heterocycles. The van der Waals surface area contributed by atoms with E-state index in [0.717, 1.165) is 0 Å². The maximum absolute atomic E-state index is 9.93. The average Bonchev–Trinajstić information content (AvgIpc) is 1.85. The highest BCUT2D eigenvalue weighted by atomic mass is 16.5. The SMILES string of the molecule is C#CCC(C)OCC(=O)O. The van der Waals surface area contributed by atoms with Crippen molar-refractivity contribution in [1.29, 1.82) is 0 Å². The second-order valence-electron chi connectivity index (χ2n) is 1.92. The van der Waals surface area contributed by atoms with Gasteiger partial charge in [-0.3, -0.25) is 0 Å². The molecular weight excluding hydrogens is 132 g/mol. The van der Waals surface area contributed by atoms with Crippen LogP contribution in [0.5, 0.6) is 0 Å². The van der Waals surface area contributed by atoms with E-state index in [9.17, 15) is 4.79 Å². The maximum Gasteiger partial charge on any atom is 0.329 e. The van der Waals surface area contributed by atoms with Crippen molar-refractivity contribution in [3.05, 3.63) is 0 Å². The number of carbonyl (C=O) groups is 1. The van der Waals surface area contributed by atoms with E-state index in [-0.39, 0.29) is 12.7 Å². The maximum atomic E-state index is 9.93. The zero-order chi connectivity index (χ0) is 7.98. The van der Waals surface area contributed by atoms with Crippen LogP contribution in [0.25, 0.3) is 0 Å². The highest BCUT2D eigenvalue weighted by molar-refractivity contribution is 5.68. The van der Waals surface area contributed by atoms with Crippen LogP contribution in [-0.2, 0) is 9.53 Å². The molecule has 0 aromatic carbocycles. The number of terminal acetylenes is 1. The Bertz CT molecular complexity index is 145. The fourth-order valence-electron chi connectivity index (χ4n) is 0.438. The summed E-state index contributed by atoms with van der Waals surface area (Å²) in [6, 6.07) is 0. The fraction of sp³-hybridized carbons (Fsp3) is 0.571. The van der Waals surface area contributed by atoms with Crippen LogP contribution >= 0.6 is 0 Å². The van der Waals surface area contributed by atoms with Gasteiger partial charge in [0.25, 0.3) is 0 Å². The lowest BCUT2D eigenvalue weighted by Gasteiger charge is -2.05. The van der Waals surface area contributed by atoms with Crippen molar-refractivity contribution in [3.8, 4) is 12.3 Å². The number of hydrogen-bond donors (Lipinski definition) is 1. The lowest BCUT2D eigenvalue weighted by atomic mass is 10.3. The van der Waals surface area contributed by atoms with Gasteiger partial charge in [-0.05, 0) is 6.92 Å². The summed E-state index contributed by atoms with van der Waals surface area (Å²) >= 11 is 0. The quantitative estimate of drug-likeness (QED) is 0.581. The highest BCUT2D eigenvalue weighted by Crippen LogP contribution is 1.94. The fourth-order valence-corrected chi connectivity index (χ4v) is 0.438. The molecule has 0 rings (SSSR count). The van der Waals surface area contributed by atoms with Gasteiger partial charge in [-0.1, -0.05) is 0 Å². The second kappa shape index (κ2) is 4.83. The molecule has 0 heterocycles. The van der Waals surface area contributed by atoms with Crippen molar-refractivity contribution in [2.75, 3.05) is 6.61 Å². The third kappa shape index (κ3) is 5.13. The van der Waals surface area contributed by atoms with Crippen LogP contribution in [0, 0.1) is 12.3 Å². The van der Waals surface area contributed by atoms with Gasteiger partial charge in [-0.25, -0.2) is 4.79 Å². The van der Waals surface area contributed by atoms with Crippen LogP contribution in [0.15, 0.2) is 0 Å². The number of carboxylic acids is 1. The van der Waals surface area contributed by atoms with E-state index in [1.807, 2.05) is 0 Å². The first-order valence-corrected chi connectivity index (χ1v) is 2.93. The lowest BCUT2D eigenvalue weighted by molar-refractivity contribution is -0.143. The van der Waals surface area contributed by atoms with E-state index in [4.69, 9.17) is 16.3 Å². The Kier molecular flexibility index (Phi) is 4.34. The van der Waals surface area contributed by atoms with E-state index < -0.39 is 5.97 Å². The smallest absolute Gasteiger partial charge is 0.329 e. The molecule has 0 aliphatic rings. The molecular formula is C7H10O3. The van der Waals surface area contributed by atoms with Crippen LogP contribution in [0.2, 0.25) is 0 Å². The topological polar surface area (TPSA) is 46.5 Å². The lowest BCUT2D eigenvalue weighted by Crippen LogP contribution is -2.14. The Morgan fingerprint density at radius 1 is 1.90 bits per heavy atom. The first-order chi connectivity index (χ1) is 4.66. The summed E-state index contributed by atoms with van der Waals surface area (Å²) < 4.78 is 4.80. The molecule has 1 N–H and O–H groups in total. The minimum absolute atomic E-state index is 0.166. The summed E-state index contributed by atoms with van der Waals surface area (Å²) in [6.07, 6.45) is 5.24. The molecule has 0 amide bonds. The van der Waals surface area contributed by atoms with Crippen molar-refractivity contribution in [1.82, 2.24) is 0 Å². The predicted molar refractivity (Wildman–Crippen MR) is 36.5 cm³/mol. The van der Waals surface area contributed by atoms with Crippen molar-refractivity contribution >= 4 is 5.97 Å². The van der Waals surface area contributed by atoms with Crippen molar-refractivity contribution < 1.29 is 14.6 Å². The van der Waals surface area contributed by atoms with Crippen molar-refractivity contribution in [3.63, 3.8) is 0 Å².